The van der Waals surface area contributed by atoms with Crippen molar-refractivity contribution in [1.29, 1.82) is 0 Å². The molecule has 0 aliphatic carbocycles. The Morgan fingerprint density at radius 2 is 2.20 bits per heavy atom. The van der Waals surface area contributed by atoms with Gasteiger partial charge in [0, 0.05) is 12.1 Å². The van der Waals surface area contributed by atoms with Crippen LogP contribution in [0.4, 0.5) is 4.39 Å². The van der Waals surface area contributed by atoms with Gasteiger partial charge in [-0.1, -0.05) is 11.8 Å². The van der Waals surface area contributed by atoms with Gasteiger partial charge in [-0.05, 0) is 45.3 Å². The van der Waals surface area contributed by atoms with Crippen molar-refractivity contribution in [3.8, 4) is 11.8 Å². The molecule has 0 bridgehead atoms. The van der Waals surface area contributed by atoms with E-state index in [1.165, 1.54) is 18.2 Å². The van der Waals surface area contributed by atoms with Gasteiger partial charge in [-0.25, -0.2) is 4.39 Å². The maximum atomic E-state index is 13.2. The monoisotopic (exact) mass is 277 g/mol. The van der Waals surface area contributed by atoms with Gasteiger partial charge in [0.2, 0.25) is 0 Å². The second kappa shape index (κ2) is 8.31. The summed E-state index contributed by atoms with van der Waals surface area (Å²) in [5, 5.41) is 2.80. The molecule has 0 saturated heterocycles. The Morgan fingerprint density at radius 1 is 1.45 bits per heavy atom. The van der Waals surface area contributed by atoms with Gasteiger partial charge in [0.15, 0.2) is 0 Å². The first-order chi connectivity index (χ1) is 9.54. The quantitative estimate of drug-likeness (QED) is 0.619. The molecule has 0 saturated carbocycles. The number of hydrogen-bond donors (Lipinski definition) is 2. The second-order valence-corrected chi connectivity index (χ2v) is 4.61. The summed E-state index contributed by atoms with van der Waals surface area (Å²) in [6.45, 7) is 1.63. The van der Waals surface area contributed by atoms with Crippen LogP contribution in [-0.4, -0.2) is 44.5 Å². The summed E-state index contributed by atoms with van der Waals surface area (Å²) >= 11 is 0. The number of nitrogens with zero attached hydrogens (tertiary/aromatic N) is 1. The molecule has 5 heteroatoms. The summed E-state index contributed by atoms with van der Waals surface area (Å²) in [5.74, 6) is 4.69. The molecule has 108 valence electrons. The maximum absolute atomic E-state index is 13.2. The summed E-state index contributed by atoms with van der Waals surface area (Å²) in [6.07, 6.45) is 0.851. The highest BCUT2D eigenvalue weighted by Gasteiger charge is 2.10. The third-order valence-corrected chi connectivity index (χ3v) is 2.62. The minimum Gasteiger partial charge on any atom is -0.352 e. The molecule has 4 nitrogen and oxygen atoms in total. The van der Waals surface area contributed by atoms with E-state index in [-0.39, 0.29) is 12.5 Å². The van der Waals surface area contributed by atoms with Crippen molar-refractivity contribution in [1.82, 2.24) is 10.2 Å². The summed E-state index contributed by atoms with van der Waals surface area (Å²) in [5.41, 5.74) is 6.03. The smallest absolute Gasteiger partial charge is 0.252 e. The molecule has 0 heterocycles. The van der Waals surface area contributed by atoms with Gasteiger partial charge in [-0.2, -0.15) is 0 Å². The molecular formula is C15H20FN3O. The molecule has 0 radical (unpaired) electrons. The van der Waals surface area contributed by atoms with Crippen molar-refractivity contribution in [3.63, 3.8) is 0 Å². The Labute approximate surface area is 119 Å². The van der Waals surface area contributed by atoms with Crippen LogP contribution in [-0.2, 0) is 0 Å². The van der Waals surface area contributed by atoms with Gasteiger partial charge in [-0.3, -0.25) is 4.79 Å². The standard InChI is InChI=1S/C15H20FN3O/c1-19(2)10-4-9-18-15(20)14-7-6-13(16)11-12(14)5-3-8-17/h6-7,11H,4,8-10,17H2,1-2H3,(H,18,20). The van der Waals surface area contributed by atoms with Crippen LogP contribution in [0.2, 0.25) is 0 Å². The molecule has 1 amide bonds. The van der Waals surface area contributed by atoms with E-state index in [0.717, 1.165) is 13.0 Å². The molecule has 0 unspecified atom stereocenters. The van der Waals surface area contributed by atoms with Gasteiger partial charge in [0.25, 0.3) is 5.91 Å². The SMILES string of the molecule is CN(C)CCCNC(=O)c1ccc(F)cc1C#CCN. The van der Waals surface area contributed by atoms with E-state index in [1.807, 2.05) is 19.0 Å². The van der Waals surface area contributed by atoms with Crippen LogP contribution < -0.4 is 11.1 Å². The number of hydrogen-bond acceptors (Lipinski definition) is 3. The van der Waals surface area contributed by atoms with Crippen molar-refractivity contribution >= 4 is 5.91 Å². The number of nitrogens with one attached hydrogen (secondary N) is 1. The number of benzene rings is 1. The van der Waals surface area contributed by atoms with Gasteiger partial charge >= 0.3 is 0 Å². The van der Waals surface area contributed by atoms with Gasteiger partial charge in [0.1, 0.15) is 5.82 Å². The summed E-state index contributed by atoms with van der Waals surface area (Å²) < 4.78 is 13.2. The normalized spacial score (nSPS) is 10.1. The Hall–Kier alpha value is -1.90. The van der Waals surface area contributed by atoms with Gasteiger partial charge in [-0.15, -0.1) is 0 Å². The van der Waals surface area contributed by atoms with E-state index in [9.17, 15) is 9.18 Å². The Balaban J connectivity index is 2.72. The highest BCUT2D eigenvalue weighted by molar-refractivity contribution is 5.96. The number of nitrogens with two attached hydrogens (primary N) is 1. The van der Waals surface area contributed by atoms with E-state index < -0.39 is 5.82 Å². The van der Waals surface area contributed by atoms with Crippen LogP contribution in [0.3, 0.4) is 0 Å². The first kappa shape index (κ1) is 16.2. The number of rotatable bonds is 5. The van der Waals surface area contributed by atoms with Crippen LogP contribution in [0, 0.1) is 17.7 Å². The maximum Gasteiger partial charge on any atom is 0.252 e. The molecule has 0 spiro atoms. The molecule has 0 fully saturated rings. The fourth-order valence-corrected chi connectivity index (χ4v) is 1.66. The zero-order valence-electron chi connectivity index (χ0n) is 11.9. The molecule has 0 aliphatic heterocycles. The first-order valence-electron chi connectivity index (χ1n) is 6.46. The van der Waals surface area contributed by atoms with Crippen molar-refractivity contribution in [2.75, 3.05) is 33.7 Å². The number of carbonyl (C=O) groups is 1. The number of carbonyl (C=O) groups excluding carboxylic acids is 1. The third kappa shape index (κ3) is 5.39. The highest BCUT2D eigenvalue weighted by Crippen LogP contribution is 2.10. The van der Waals surface area contributed by atoms with Crippen molar-refractivity contribution < 1.29 is 9.18 Å². The molecule has 1 aromatic rings. The van der Waals surface area contributed by atoms with Crippen molar-refractivity contribution in [3.05, 3.63) is 35.1 Å². The molecular weight excluding hydrogens is 257 g/mol. The van der Waals surface area contributed by atoms with E-state index >= 15 is 0 Å². The van der Waals surface area contributed by atoms with Crippen LogP contribution in [0.25, 0.3) is 0 Å². The van der Waals surface area contributed by atoms with Crippen molar-refractivity contribution in [2.24, 2.45) is 5.73 Å². The topological polar surface area (TPSA) is 58.4 Å². The third-order valence-electron chi connectivity index (χ3n) is 2.62. The minimum absolute atomic E-state index is 0.167. The predicted molar refractivity (Wildman–Crippen MR) is 77.8 cm³/mol. The summed E-state index contributed by atoms with van der Waals surface area (Å²) in [4.78, 5) is 14.1. The van der Waals surface area contributed by atoms with Crippen molar-refractivity contribution in [2.45, 2.75) is 6.42 Å². The Kier molecular flexibility index (Phi) is 6.71. The van der Waals surface area contributed by atoms with Crippen LogP contribution in [0.15, 0.2) is 18.2 Å². The average Bonchev–Trinajstić information content (AvgIpc) is 2.41. The molecule has 0 aliphatic rings. The lowest BCUT2D eigenvalue weighted by atomic mass is 10.1. The molecule has 0 atom stereocenters. The highest BCUT2D eigenvalue weighted by atomic mass is 19.1. The van der Waals surface area contributed by atoms with Crippen LogP contribution >= 0.6 is 0 Å². The number of amides is 1. The molecule has 1 rings (SSSR count). The van der Waals surface area contributed by atoms with E-state index in [2.05, 4.69) is 17.2 Å². The molecule has 3 N–H and O–H groups in total. The van der Waals surface area contributed by atoms with Crippen LogP contribution in [0.1, 0.15) is 22.3 Å². The molecule has 0 aromatic heterocycles. The lowest BCUT2D eigenvalue weighted by Crippen LogP contribution is -2.27. The summed E-state index contributed by atoms with van der Waals surface area (Å²) in [7, 11) is 3.95. The van der Waals surface area contributed by atoms with Gasteiger partial charge < -0.3 is 16.0 Å². The van der Waals surface area contributed by atoms with Crippen LogP contribution in [0.5, 0.6) is 0 Å². The minimum atomic E-state index is -0.421. The Bertz CT molecular complexity index is 518. The molecule has 1 aromatic carbocycles. The fraction of sp³-hybridized carbons (Fsp3) is 0.400. The van der Waals surface area contributed by atoms with E-state index in [4.69, 9.17) is 5.73 Å². The predicted octanol–water partition coefficient (Wildman–Crippen LogP) is 0.817. The zero-order valence-corrected chi connectivity index (χ0v) is 11.9. The number of halogens is 1. The van der Waals surface area contributed by atoms with E-state index in [0.29, 0.717) is 17.7 Å². The van der Waals surface area contributed by atoms with Gasteiger partial charge in [0.05, 0.1) is 12.1 Å². The second-order valence-electron chi connectivity index (χ2n) is 4.61. The fourth-order valence-electron chi connectivity index (χ4n) is 1.66. The largest absolute Gasteiger partial charge is 0.352 e. The lowest BCUT2D eigenvalue weighted by Gasteiger charge is -2.10. The Morgan fingerprint density at radius 3 is 2.85 bits per heavy atom. The average molecular weight is 277 g/mol. The summed E-state index contributed by atoms with van der Waals surface area (Å²) in [6, 6.07) is 3.94. The zero-order chi connectivity index (χ0) is 15.0. The molecule has 20 heavy (non-hydrogen) atoms. The first-order valence-corrected chi connectivity index (χ1v) is 6.46. The lowest BCUT2D eigenvalue weighted by molar-refractivity contribution is 0.0952. The van der Waals surface area contributed by atoms with E-state index in [1.54, 1.807) is 0 Å².